The highest BCUT2D eigenvalue weighted by Crippen LogP contribution is 2.22. The van der Waals surface area contributed by atoms with Gasteiger partial charge >= 0.3 is 0 Å². The molecule has 17 heavy (non-hydrogen) atoms. The number of para-hydroxylation sites is 1. The molecule has 7 heteroatoms. The van der Waals surface area contributed by atoms with Gasteiger partial charge in [-0.25, -0.2) is 0 Å². The first-order valence-corrected chi connectivity index (χ1v) is 5.46. The third kappa shape index (κ3) is 2.95. The van der Waals surface area contributed by atoms with Crippen LogP contribution in [0, 0.1) is 10.1 Å². The quantitative estimate of drug-likeness (QED) is 0.397. The Bertz CT molecular complexity index is 452. The molecule has 0 bridgehead atoms. The van der Waals surface area contributed by atoms with Gasteiger partial charge in [-0.1, -0.05) is 18.2 Å². The van der Waals surface area contributed by atoms with Gasteiger partial charge in [-0.2, -0.15) is 12.6 Å². The summed E-state index contributed by atoms with van der Waals surface area (Å²) >= 11 is 3.96. The van der Waals surface area contributed by atoms with Gasteiger partial charge in [0.1, 0.15) is 5.54 Å². The van der Waals surface area contributed by atoms with E-state index in [0.717, 1.165) is 0 Å². The Morgan fingerprint density at radius 2 is 2.06 bits per heavy atom. The van der Waals surface area contributed by atoms with E-state index in [2.05, 4.69) is 12.6 Å². The van der Waals surface area contributed by atoms with Gasteiger partial charge in [0.15, 0.2) is 0 Å². The minimum absolute atomic E-state index is 0.0109. The minimum atomic E-state index is -1.38. The van der Waals surface area contributed by atoms with Crippen molar-refractivity contribution in [1.29, 1.82) is 0 Å². The van der Waals surface area contributed by atoms with Crippen LogP contribution in [-0.4, -0.2) is 22.1 Å². The van der Waals surface area contributed by atoms with E-state index in [1.165, 1.54) is 6.07 Å². The Kier molecular flexibility index (Phi) is 4.08. The van der Waals surface area contributed by atoms with Crippen molar-refractivity contribution >= 4 is 24.2 Å². The molecule has 0 unspecified atom stereocenters. The summed E-state index contributed by atoms with van der Waals surface area (Å²) in [4.78, 5) is 21.5. The van der Waals surface area contributed by atoms with Crippen LogP contribution in [0.25, 0.3) is 0 Å². The Hall–Kier alpha value is -1.60. The fraction of sp³-hybridized carbons (Fsp3) is 0.300. The standard InChI is InChI=1S/C10H13N3O3S/c11-9(14)10(12,6-17)5-7-3-1-2-4-8(7)13(15)16/h1-4,17H,5-6,12H2,(H2,11,14)/t10-/m0/s1. The lowest BCUT2D eigenvalue weighted by atomic mass is 9.92. The zero-order chi connectivity index (χ0) is 13.1. The van der Waals surface area contributed by atoms with Crippen molar-refractivity contribution in [2.45, 2.75) is 12.0 Å². The number of nitro groups is 1. The second kappa shape index (κ2) is 5.15. The average molecular weight is 255 g/mol. The van der Waals surface area contributed by atoms with E-state index in [9.17, 15) is 14.9 Å². The molecule has 1 aromatic carbocycles. The third-order valence-corrected chi connectivity index (χ3v) is 3.03. The second-order valence-corrected chi connectivity index (χ2v) is 4.06. The van der Waals surface area contributed by atoms with Crippen molar-refractivity contribution in [3.63, 3.8) is 0 Å². The molecular weight excluding hydrogens is 242 g/mol. The lowest BCUT2D eigenvalue weighted by Crippen LogP contribution is -2.55. The molecule has 0 saturated heterocycles. The normalized spacial score (nSPS) is 14.0. The summed E-state index contributed by atoms with van der Waals surface area (Å²) in [6.07, 6.45) is -0.0109. The molecule has 0 radical (unpaired) electrons. The highest BCUT2D eigenvalue weighted by atomic mass is 32.1. The van der Waals surface area contributed by atoms with Gasteiger partial charge in [-0.05, 0) is 0 Å². The van der Waals surface area contributed by atoms with Gasteiger partial charge < -0.3 is 11.5 Å². The molecule has 0 saturated carbocycles. The van der Waals surface area contributed by atoms with Crippen LogP contribution in [0.5, 0.6) is 0 Å². The maximum atomic E-state index is 11.2. The number of thiol groups is 1. The molecule has 92 valence electrons. The lowest BCUT2D eigenvalue weighted by Gasteiger charge is -2.23. The highest BCUT2D eigenvalue weighted by molar-refractivity contribution is 7.80. The Balaban J connectivity index is 3.10. The molecule has 1 aromatic rings. The summed E-state index contributed by atoms with van der Waals surface area (Å²) in [5.41, 5.74) is 9.85. The van der Waals surface area contributed by atoms with E-state index in [4.69, 9.17) is 11.5 Å². The van der Waals surface area contributed by atoms with E-state index in [1.54, 1.807) is 18.2 Å². The van der Waals surface area contributed by atoms with Gasteiger partial charge in [-0.15, -0.1) is 0 Å². The van der Waals surface area contributed by atoms with Crippen molar-refractivity contribution in [1.82, 2.24) is 0 Å². The van der Waals surface area contributed by atoms with Crippen molar-refractivity contribution in [2.75, 3.05) is 5.75 Å². The fourth-order valence-corrected chi connectivity index (χ4v) is 1.67. The Labute approximate surface area is 104 Å². The molecule has 0 heterocycles. The molecule has 1 amide bonds. The molecule has 1 atom stereocenters. The summed E-state index contributed by atoms with van der Waals surface area (Å²) in [6.45, 7) is 0. The molecule has 1 rings (SSSR count). The van der Waals surface area contributed by atoms with Crippen LogP contribution in [0.3, 0.4) is 0 Å². The van der Waals surface area contributed by atoms with Crippen LogP contribution >= 0.6 is 12.6 Å². The summed E-state index contributed by atoms with van der Waals surface area (Å²) in [7, 11) is 0. The van der Waals surface area contributed by atoms with Crippen LogP contribution in [-0.2, 0) is 11.2 Å². The molecule has 0 aliphatic carbocycles. The largest absolute Gasteiger partial charge is 0.368 e. The molecule has 0 aliphatic rings. The second-order valence-electron chi connectivity index (χ2n) is 3.74. The van der Waals surface area contributed by atoms with E-state index < -0.39 is 16.4 Å². The zero-order valence-corrected chi connectivity index (χ0v) is 9.89. The van der Waals surface area contributed by atoms with Gasteiger partial charge in [-0.3, -0.25) is 14.9 Å². The van der Waals surface area contributed by atoms with Crippen molar-refractivity contribution in [3.05, 3.63) is 39.9 Å². The summed E-state index contributed by atoms with van der Waals surface area (Å²) in [6, 6.07) is 6.09. The van der Waals surface area contributed by atoms with E-state index in [0.29, 0.717) is 5.56 Å². The maximum Gasteiger partial charge on any atom is 0.272 e. The number of nitrogens with zero attached hydrogens (tertiary/aromatic N) is 1. The summed E-state index contributed by atoms with van der Waals surface area (Å²) in [5.74, 6) is -0.709. The first-order chi connectivity index (χ1) is 7.90. The Morgan fingerprint density at radius 1 is 1.47 bits per heavy atom. The maximum absolute atomic E-state index is 11.2. The average Bonchev–Trinajstić information content (AvgIpc) is 2.29. The number of benzene rings is 1. The predicted octanol–water partition coefficient (Wildman–Crippen LogP) is 0.250. The number of amides is 1. The van der Waals surface area contributed by atoms with E-state index >= 15 is 0 Å². The molecule has 0 fully saturated rings. The minimum Gasteiger partial charge on any atom is -0.368 e. The molecule has 0 aliphatic heterocycles. The Morgan fingerprint density at radius 3 is 2.53 bits per heavy atom. The summed E-state index contributed by atoms with van der Waals surface area (Å²) in [5, 5.41) is 10.8. The van der Waals surface area contributed by atoms with Crippen molar-refractivity contribution < 1.29 is 9.72 Å². The van der Waals surface area contributed by atoms with E-state index in [-0.39, 0.29) is 17.9 Å². The number of nitrogens with two attached hydrogens (primary N) is 2. The van der Waals surface area contributed by atoms with Crippen LogP contribution in [0.15, 0.2) is 24.3 Å². The zero-order valence-electron chi connectivity index (χ0n) is 9.00. The van der Waals surface area contributed by atoms with Crippen molar-refractivity contribution in [2.24, 2.45) is 11.5 Å². The lowest BCUT2D eigenvalue weighted by molar-refractivity contribution is -0.385. The molecular formula is C10H13N3O3S. The van der Waals surface area contributed by atoms with Crippen LogP contribution in [0.4, 0.5) is 5.69 Å². The smallest absolute Gasteiger partial charge is 0.272 e. The van der Waals surface area contributed by atoms with Crippen LogP contribution in [0.1, 0.15) is 5.56 Å². The molecule has 6 nitrogen and oxygen atoms in total. The fourth-order valence-electron chi connectivity index (χ4n) is 1.40. The first-order valence-electron chi connectivity index (χ1n) is 4.82. The summed E-state index contributed by atoms with van der Waals surface area (Å²) < 4.78 is 0. The first kappa shape index (κ1) is 13.5. The number of carbonyl (C=O) groups excluding carboxylic acids is 1. The number of hydrogen-bond acceptors (Lipinski definition) is 5. The topological polar surface area (TPSA) is 112 Å². The van der Waals surface area contributed by atoms with Gasteiger partial charge in [0.05, 0.1) is 4.92 Å². The van der Waals surface area contributed by atoms with Crippen LogP contribution < -0.4 is 11.5 Å². The molecule has 4 N–H and O–H groups in total. The highest BCUT2D eigenvalue weighted by Gasteiger charge is 2.32. The van der Waals surface area contributed by atoms with Gasteiger partial charge in [0, 0.05) is 23.8 Å². The monoisotopic (exact) mass is 255 g/mol. The number of carbonyl (C=O) groups is 1. The molecule has 0 aromatic heterocycles. The number of primary amides is 1. The third-order valence-electron chi connectivity index (χ3n) is 2.47. The van der Waals surface area contributed by atoms with E-state index in [1.807, 2.05) is 0 Å². The number of hydrogen-bond donors (Lipinski definition) is 3. The van der Waals surface area contributed by atoms with Gasteiger partial charge in [0.25, 0.3) is 5.69 Å². The van der Waals surface area contributed by atoms with Crippen LogP contribution in [0.2, 0.25) is 0 Å². The number of nitro benzene ring substituents is 1. The SMILES string of the molecule is NC(=O)[C@@](N)(CS)Cc1ccccc1[N+](=O)[O-]. The number of rotatable bonds is 5. The molecule has 0 spiro atoms. The van der Waals surface area contributed by atoms with Crippen molar-refractivity contribution in [3.8, 4) is 0 Å². The predicted molar refractivity (Wildman–Crippen MR) is 66.8 cm³/mol. The van der Waals surface area contributed by atoms with Gasteiger partial charge in [0.2, 0.25) is 5.91 Å².